The van der Waals surface area contributed by atoms with E-state index in [0.717, 1.165) is 17.0 Å². The fraction of sp³-hybridized carbons (Fsp3) is 0.323. The van der Waals surface area contributed by atoms with Gasteiger partial charge < -0.3 is 34.5 Å². The van der Waals surface area contributed by atoms with Crippen LogP contribution < -0.4 is 20.3 Å². The number of amides is 1. The van der Waals surface area contributed by atoms with Crippen molar-refractivity contribution in [2.75, 3.05) is 63.0 Å². The summed E-state index contributed by atoms with van der Waals surface area (Å²) in [6.45, 7) is 4.65. The van der Waals surface area contributed by atoms with Gasteiger partial charge in [-0.25, -0.2) is 14.8 Å². The van der Waals surface area contributed by atoms with Crippen molar-refractivity contribution in [1.82, 2.24) is 24.4 Å². The first-order valence-electron chi connectivity index (χ1n) is 14.2. The van der Waals surface area contributed by atoms with Crippen molar-refractivity contribution >= 4 is 45.9 Å². The Labute approximate surface area is 263 Å². The van der Waals surface area contributed by atoms with Gasteiger partial charge >= 0.3 is 12.1 Å². The van der Waals surface area contributed by atoms with E-state index in [1.54, 1.807) is 25.1 Å². The SMILES string of the molecule is C=CC(=O)Nc1cc(Nc2ncc(C(=O)OCC)c(-c3cn(C)c4ccccc34)n2)c(OCC(F)(F)F)nc1N(C)CCN(C)C. The summed E-state index contributed by atoms with van der Waals surface area (Å²) in [6.07, 6.45) is -0.526. The fourth-order valence-corrected chi connectivity index (χ4v) is 4.52. The molecule has 244 valence electrons. The Morgan fingerprint density at radius 1 is 1.11 bits per heavy atom. The number of anilines is 4. The number of carbonyl (C=O) groups is 2. The first-order chi connectivity index (χ1) is 21.8. The second kappa shape index (κ2) is 14.3. The van der Waals surface area contributed by atoms with Gasteiger partial charge in [0.2, 0.25) is 17.7 Å². The van der Waals surface area contributed by atoms with Gasteiger partial charge in [0.25, 0.3) is 0 Å². The van der Waals surface area contributed by atoms with Crippen LogP contribution in [0.1, 0.15) is 17.3 Å². The molecule has 0 aliphatic heterocycles. The summed E-state index contributed by atoms with van der Waals surface area (Å²) in [5, 5.41) is 6.34. The number of halogens is 3. The highest BCUT2D eigenvalue weighted by Crippen LogP contribution is 2.37. The number of ether oxygens (including phenoxy) is 2. The van der Waals surface area contributed by atoms with Crippen LogP contribution in [-0.4, -0.2) is 89.9 Å². The standard InChI is InChI=1S/C31H35F3N8O4/c1-7-25(43)36-22-15-23(28(46-18-31(32,33)34)39-27(22)41(5)14-13-40(3)4)37-30-35-16-20(29(44)45-8-2)26(38-30)21-17-42(6)24-12-10-9-11-19(21)24/h7,9-12,15-17H,1,8,13-14,18H2,2-6H3,(H,36,43)(H,35,37,38). The number of benzene rings is 1. The highest BCUT2D eigenvalue weighted by Gasteiger charge is 2.30. The third-order valence-electron chi connectivity index (χ3n) is 6.71. The molecule has 0 aliphatic carbocycles. The monoisotopic (exact) mass is 640 g/mol. The number of rotatable bonds is 13. The van der Waals surface area contributed by atoms with E-state index in [-0.39, 0.29) is 41.0 Å². The van der Waals surface area contributed by atoms with Crippen molar-refractivity contribution in [2.24, 2.45) is 7.05 Å². The zero-order valence-electron chi connectivity index (χ0n) is 26.1. The Hall–Kier alpha value is -5.18. The molecule has 4 aromatic rings. The van der Waals surface area contributed by atoms with E-state index in [9.17, 15) is 22.8 Å². The Bertz CT molecular complexity index is 1740. The molecule has 0 saturated heterocycles. The van der Waals surface area contributed by atoms with Crippen LogP contribution in [0.15, 0.2) is 55.4 Å². The molecule has 4 rings (SSSR count). The zero-order valence-corrected chi connectivity index (χ0v) is 26.1. The van der Waals surface area contributed by atoms with Crippen LogP contribution in [0.3, 0.4) is 0 Å². The van der Waals surface area contributed by atoms with Crippen LogP contribution in [0.25, 0.3) is 22.2 Å². The van der Waals surface area contributed by atoms with Crippen molar-refractivity contribution < 1.29 is 32.2 Å². The van der Waals surface area contributed by atoms with Gasteiger partial charge in [-0.1, -0.05) is 24.8 Å². The van der Waals surface area contributed by atoms with Gasteiger partial charge in [0.05, 0.1) is 18.0 Å². The minimum atomic E-state index is -4.66. The highest BCUT2D eigenvalue weighted by molar-refractivity contribution is 6.03. The van der Waals surface area contributed by atoms with E-state index in [1.165, 1.54) is 12.3 Å². The molecule has 0 saturated carbocycles. The lowest BCUT2D eigenvalue weighted by atomic mass is 10.1. The van der Waals surface area contributed by atoms with E-state index >= 15 is 0 Å². The average molecular weight is 641 g/mol. The van der Waals surface area contributed by atoms with Gasteiger partial charge in [0.15, 0.2) is 12.4 Å². The molecule has 46 heavy (non-hydrogen) atoms. The summed E-state index contributed by atoms with van der Waals surface area (Å²) in [5.74, 6) is -1.54. The van der Waals surface area contributed by atoms with Crippen molar-refractivity contribution in [3.63, 3.8) is 0 Å². The van der Waals surface area contributed by atoms with Crippen LogP contribution in [0.2, 0.25) is 0 Å². The Morgan fingerprint density at radius 3 is 2.52 bits per heavy atom. The molecule has 12 nitrogen and oxygen atoms in total. The predicted octanol–water partition coefficient (Wildman–Crippen LogP) is 5.01. The Balaban J connectivity index is 1.86. The number of nitrogens with zero attached hydrogens (tertiary/aromatic N) is 6. The molecule has 15 heteroatoms. The smallest absolute Gasteiger partial charge is 0.422 e. The molecular formula is C31H35F3N8O4. The summed E-state index contributed by atoms with van der Waals surface area (Å²) >= 11 is 0. The number of aryl methyl sites for hydroxylation is 1. The lowest BCUT2D eigenvalue weighted by Crippen LogP contribution is -2.30. The quantitative estimate of drug-likeness (QED) is 0.152. The largest absolute Gasteiger partial charge is 0.466 e. The lowest BCUT2D eigenvalue weighted by molar-refractivity contribution is -0.153. The van der Waals surface area contributed by atoms with Crippen molar-refractivity contribution in [1.29, 1.82) is 0 Å². The maximum atomic E-state index is 13.3. The Morgan fingerprint density at radius 2 is 1.85 bits per heavy atom. The third kappa shape index (κ3) is 8.10. The van der Waals surface area contributed by atoms with E-state index in [4.69, 9.17) is 9.47 Å². The molecule has 0 fully saturated rings. The summed E-state index contributed by atoms with van der Waals surface area (Å²) in [5.41, 5.74) is 1.91. The first kappa shape index (κ1) is 33.7. The fourth-order valence-electron chi connectivity index (χ4n) is 4.52. The predicted molar refractivity (Wildman–Crippen MR) is 170 cm³/mol. The Kier molecular flexibility index (Phi) is 10.5. The molecule has 0 unspecified atom stereocenters. The van der Waals surface area contributed by atoms with Gasteiger partial charge in [-0.15, -0.1) is 0 Å². The van der Waals surface area contributed by atoms with Gasteiger partial charge in [0, 0.05) is 56.0 Å². The summed E-state index contributed by atoms with van der Waals surface area (Å²) in [6, 6.07) is 8.90. The number of para-hydroxylation sites is 1. The number of hydrogen-bond donors (Lipinski definition) is 2. The van der Waals surface area contributed by atoms with Crippen LogP contribution in [0.4, 0.5) is 36.3 Å². The maximum absolute atomic E-state index is 13.3. The topological polar surface area (TPSA) is 127 Å². The summed E-state index contributed by atoms with van der Waals surface area (Å²) in [7, 11) is 7.27. The molecular weight excluding hydrogens is 605 g/mol. The molecule has 2 N–H and O–H groups in total. The van der Waals surface area contributed by atoms with E-state index in [2.05, 4.69) is 32.2 Å². The third-order valence-corrected chi connectivity index (χ3v) is 6.71. The molecule has 0 atom stereocenters. The van der Waals surface area contributed by atoms with Crippen molar-refractivity contribution in [2.45, 2.75) is 13.1 Å². The highest BCUT2D eigenvalue weighted by atomic mass is 19.4. The van der Waals surface area contributed by atoms with Crippen LogP contribution in [-0.2, 0) is 16.6 Å². The average Bonchev–Trinajstić information content (AvgIpc) is 3.35. The second-order valence-electron chi connectivity index (χ2n) is 10.5. The van der Waals surface area contributed by atoms with Gasteiger partial charge in [-0.05, 0) is 39.2 Å². The van der Waals surface area contributed by atoms with E-state index in [0.29, 0.717) is 18.7 Å². The zero-order chi connectivity index (χ0) is 33.6. The first-order valence-corrected chi connectivity index (χ1v) is 14.2. The van der Waals surface area contributed by atoms with Crippen LogP contribution in [0.5, 0.6) is 5.88 Å². The maximum Gasteiger partial charge on any atom is 0.422 e. The molecule has 1 aromatic carbocycles. The van der Waals surface area contributed by atoms with Crippen LogP contribution in [0, 0.1) is 0 Å². The minimum Gasteiger partial charge on any atom is -0.466 e. The number of alkyl halides is 3. The second-order valence-corrected chi connectivity index (χ2v) is 10.5. The molecule has 1 amide bonds. The number of hydrogen-bond acceptors (Lipinski definition) is 10. The van der Waals surface area contributed by atoms with Crippen molar-refractivity contribution in [3.8, 4) is 17.1 Å². The van der Waals surface area contributed by atoms with Gasteiger partial charge in [-0.2, -0.15) is 18.2 Å². The molecule has 3 heterocycles. The molecule has 0 spiro atoms. The number of esters is 1. The van der Waals surface area contributed by atoms with Gasteiger partial charge in [-0.3, -0.25) is 4.79 Å². The number of carbonyl (C=O) groups excluding carboxylic acids is 2. The van der Waals surface area contributed by atoms with Crippen molar-refractivity contribution in [3.05, 3.63) is 60.9 Å². The number of fused-ring (bicyclic) bond motifs is 1. The van der Waals surface area contributed by atoms with E-state index < -0.39 is 30.5 Å². The summed E-state index contributed by atoms with van der Waals surface area (Å²) < 4.78 is 52.1. The van der Waals surface area contributed by atoms with Gasteiger partial charge in [0.1, 0.15) is 11.3 Å². The summed E-state index contributed by atoms with van der Waals surface area (Å²) in [4.78, 5) is 42.1. The number of aromatic nitrogens is 4. The van der Waals surface area contributed by atoms with E-state index in [1.807, 2.05) is 54.9 Å². The lowest BCUT2D eigenvalue weighted by Gasteiger charge is -2.25. The molecule has 0 aliphatic rings. The van der Waals surface area contributed by atoms with Crippen LogP contribution >= 0.6 is 0 Å². The minimum absolute atomic E-state index is 0.0684. The normalized spacial score (nSPS) is 11.4. The molecule has 3 aromatic heterocycles. The molecule has 0 radical (unpaired) electrons. The molecule has 0 bridgehead atoms. The number of likely N-dealkylation sites (N-methyl/N-ethyl adjacent to an activating group) is 2. The number of pyridine rings is 1. The number of nitrogens with one attached hydrogen (secondary N) is 2.